The van der Waals surface area contributed by atoms with Crippen molar-refractivity contribution in [1.82, 2.24) is 26.7 Å². The van der Waals surface area contributed by atoms with Crippen LogP contribution in [-0.2, 0) is 82.6 Å². The Bertz CT molecular complexity index is 6460. The molecule has 3 amide bonds. The van der Waals surface area contributed by atoms with Gasteiger partial charge in [0.1, 0.15) is 34.7 Å². The number of fused-ring (bicyclic) bond motifs is 3. The minimum absolute atomic E-state index is 0.00254. The predicted molar refractivity (Wildman–Crippen MR) is 530 cm³/mol. The van der Waals surface area contributed by atoms with Crippen LogP contribution in [0.25, 0.3) is 0 Å². The Labute approximate surface area is 849 Å². The number of nitrogens with one attached hydrogen (secondary N) is 5. The van der Waals surface area contributed by atoms with Gasteiger partial charge < -0.3 is 60.2 Å². The fourth-order valence-electron chi connectivity index (χ4n) is 20.5. The van der Waals surface area contributed by atoms with Crippen molar-refractivity contribution in [3.05, 3.63) is 392 Å². The number of alkyl carbamates (subject to hydrolysis) is 1. The summed E-state index contributed by atoms with van der Waals surface area (Å²) >= 11 is 8.25. The van der Waals surface area contributed by atoms with Crippen molar-refractivity contribution in [1.29, 1.82) is 0 Å². The molecule has 0 spiro atoms. The Balaban J connectivity index is 0.000000138. The Hall–Kier alpha value is -11.8. The number of carbonyl (C=O) groups is 3. The lowest BCUT2D eigenvalue weighted by Gasteiger charge is -2.37. The molecule has 8 aliphatic rings. The van der Waals surface area contributed by atoms with Crippen LogP contribution in [0.4, 0.5) is 61.9 Å². The van der Waals surface area contributed by atoms with Crippen LogP contribution in [0.15, 0.2) is 265 Å². The summed E-state index contributed by atoms with van der Waals surface area (Å²) in [5.41, 5.74) is 9.38. The molecule has 19 rings (SSSR count). The van der Waals surface area contributed by atoms with Crippen molar-refractivity contribution >= 4 is 69.1 Å². The number of aliphatic hydroxyl groups excluding tert-OH is 3. The number of nitrogens with two attached hydrogens (primary N) is 1. The third kappa shape index (κ3) is 25.8. The van der Waals surface area contributed by atoms with Crippen molar-refractivity contribution in [3.63, 3.8) is 0 Å². The van der Waals surface area contributed by atoms with Gasteiger partial charge in [-0.05, 0) is 203 Å². The molecule has 3 aliphatic heterocycles. The number of amides is 3. The number of hydroxylamine groups is 1. The van der Waals surface area contributed by atoms with Gasteiger partial charge in [-0.2, -0.15) is 5.48 Å². The molecule has 11 aromatic rings. The zero-order valence-corrected chi connectivity index (χ0v) is 82.0. The molecular weight excluding hydrogens is 1970 g/mol. The van der Waals surface area contributed by atoms with Crippen LogP contribution in [0, 0.1) is 105 Å². The quantitative estimate of drug-likeness (QED) is 0.0225. The van der Waals surface area contributed by atoms with Crippen molar-refractivity contribution in [2.75, 3.05) is 31.3 Å². The SMILES string of the molecule is CC(C)(C)OC(=O)NC1=N[C@@]2(c3ccccc3F)C[C@H](O)C[C@H]2CS1.Fc1ccc(CO[C@@H]2C[C@H]3CON[C@@]3(c3ccccc3F)C2)cc1F.N[C@@]1(c2ccccc2F)C[C@H](OCc2ccc(F)c(F)c2)C[C@H]1CO.O=C(NC(=S)N[C@@]1(c2ccccc2F)C[C@H](OCc2ccc(F)c(F)c2)C[C@H]1CO)c1ccccc1.O=C(NC1=N[C@@]2(c3ccccc3F)C[C@H](OCc3ccc(F)c(F)c3)C[C@H]2CS1)c1ccccc1. The third-order valence-electron chi connectivity index (χ3n) is 27.5. The highest BCUT2D eigenvalue weighted by atomic mass is 32.2. The summed E-state index contributed by atoms with van der Waals surface area (Å²) in [4.78, 5) is 52.4. The first kappa shape index (κ1) is 108. The largest absolute Gasteiger partial charge is 0.444 e. The van der Waals surface area contributed by atoms with E-state index in [9.17, 15) is 78.0 Å². The lowest BCUT2D eigenvalue weighted by Crippen LogP contribution is -2.54. The van der Waals surface area contributed by atoms with Crippen LogP contribution < -0.4 is 32.5 Å². The number of aliphatic imine (C=N–C) groups is 2. The maximum Gasteiger partial charge on any atom is 0.413 e. The summed E-state index contributed by atoms with van der Waals surface area (Å²) in [6.45, 7) is 5.73. The van der Waals surface area contributed by atoms with Gasteiger partial charge in [0.15, 0.2) is 62.0 Å². The maximum absolute atomic E-state index is 15.1. The van der Waals surface area contributed by atoms with Gasteiger partial charge in [-0.15, -0.1) is 0 Å². The number of thiocarbonyl (C=S) groups is 1. The Morgan fingerprint density at radius 1 is 0.425 bits per heavy atom. The van der Waals surface area contributed by atoms with E-state index in [2.05, 4.69) is 26.7 Å². The number of aliphatic hydroxyl groups is 3. The van der Waals surface area contributed by atoms with Crippen LogP contribution in [0.2, 0.25) is 0 Å². The molecule has 10 N–H and O–H groups in total. The molecule has 0 bridgehead atoms. The fraction of sp³-hybridized carbons (Fsp3) is 0.345. The van der Waals surface area contributed by atoms with Crippen LogP contribution in [0.1, 0.15) is 156 Å². The van der Waals surface area contributed by atoms with E-state index in [1.165, 1.54) is 78.1 Å². The summed E-state index contributed by atoms with van der Waals surface area (Å²) in [5.74, 6) is -9.42. The van der Waals surface area contributed by atoms with Crippen molar-refractivity contribution in [2.45, 2.75) is 175 Å². The summed E-state index contributed by atoms with van der Waals surface area (Å²) in [6, 6.07) is 64.0. The van der Waals surface area contributed by atoms with Gasteiger partial charge in [0.25, 0.3) is 11.8 Å². The molecule has 20 nitrogen and oxygen atoms in total. The predicted octanol–water partition coefficient (Wildman–Crippen LogP) is 20.9. The monoisotopic (exact) mass is 2080 g/mol. The zero-order valence-electron chi connectivity index (χ0n) is 79.6. The average Bonchev–Trinajstić information content (AvgIpc) is 1.56. The highest BCUT2D eigenvalue weighted by Gasteiger charge is 2.57. The number of thioether (sulfide) groups is 2. The highest BCUT2D eigenvalue weighted by Crippen LogP contribution is 2.56. The first-order chi connectivity index (χ1) is 70.0. The molecule has 0 aromatic heterocycles. The molecule has 0 unspecified atom stereocenters. The minimum atomic E-state index is -1.18. The molecule has 6 fully saturated rings. The first-order valence-corrected chi connectivity index (χ1v) is 49.9. The Kier molecular flexibility index (Phi) is 35.7. The van der Waals surface area contributed by atoms with E-state index in [-0.39, 0.29) is 122 Å². The van der Waals surface area contributed by atoms with E-state index in [0.29, 0.717) is 142 Å². The standard InChI is InChI=1S/C27H25F3N2O3S.C27H23F3N2O2S.C19H18F3NO2.C19H20F3NO2.C18H23FN2O3S/c28-22-9-5-4-8-21(22)27(32-26(36)31-25(34)18-6-2-1-3-7-18)14-20(13-19(27)15-33)35-16-17-10-11-23(29)24(30)12-17;28-22-9-5-4-8-21(22)27-14-20(34-15-17-10-11-23(29)24(30)12-17)13-19(27)16-35-26(32-27)31-25(33)18-6-2-1-3-7-18;20-16-4-2-1-3-15(16)19-9-14(8-13(19)11-25-23-19)24-10-12-5-6-17(21)18(22)7-12;20-16-4-2-1-3-15(16)19(23)9-14(8-13(19)10-24)25-11-12-5-6-17(21)18(22)7-12;1-17(2,3)24-16(23)20-15-21-18(13-6-4-5-7-14(13)19)9-12(22)8-11(18)10-25-15/h1-12,19-20,33H,13-16H2,(H2,31,32,34,36);1-12,19-20H,13-16H2,(H,31,32,33);1-7,13-14,23H,8-11H2;1-7,13-14,24H,8-11,23H2;4-7,11-12,22H,8-10H2,1-3H3,(H,20,21,23)/t2*19-,20+,27-;2*13-,14+,19-;11-,12+,18-/m00000/s1. The molecule has 36 heteroatoms. The second-order valence-electron chi connectivity index (χ2n) is 38.2. The highest BCUT2D eigenvalue weighted by molar-refractivity contribution is 8.14. The van der Waals surface area contributed by atoms with Gasteiger partial charge >= 0.3 is 6.09 Å². The van der Waals surface area contributed by atoms with Crippen molar-refractivity contribution in [2.24, 2.45) is 45.3 Å². The van der Waals surface area contributed by atoms with Gasteiger partial charge in [0.2, 0.25) is 0 Å². The molecule has 1 saturated heterocycles. The molecule has 15 atom stereocenters. The Morgan fingerprint density at radius 3 is 1.25 bits per heavy atom. The van der Waals surface area contributed by atoms with Crippen LogP contribution in [-0.4, -0.2) is 116 Å². The van der Waals surface area contributed by atoms with Crippen LogP contribution in [0.5, 0.6) is 0 Å². The van der Waals surface area contributed by atoms with Crippen molar-refractivity contribution < 1.29 is 115 Å². The maximum atomic E-state index is 15.1. The normalized spacial score (nSPS) is 25.1. The molecule has 11 aromatic carbocycles. The first-order valence-electron chi connectivity index (χ1n) is 47.5. The smallest absolute Gasteiger partial charge is 0.413 e. The number of halogens is 13. The minimum Gasteiger partial charge on any atom is -0.444 e. The number of hydrogen-bond acceptors (Lipinski definition) is 19. The molecule has 770 valence electrons. The van der Waals surface area contributed by atoms with Gasteiger partial charge in [0, 0.05) is 113 Å². The van der Waals surface area contributed by atoms with E-state index in [4.69, 9.17) is 56.5 Å². The van der Waals surface area contributed by atoms with Crippen molar-refractivity contribution in [3.8, 4) is 0 Å². The lowest BCUT2D eigenvalue weighted by molar-refractivity contribution is 0.00368. The molecule has 5 aliphatic carbocycles. The number of ether oxygens (including phenoxy) is 5. The molecule has 5 saturated carbocycles. The summed E-state index contributed by atoms with van der Waals surface area (Å²) < 4.78 is 208. The number of benzene rings is 11. The van der Waals surface area contributed by atoms with Gasteiger partial charge in [0.05, 0.1) is 91.2 Å². The Morgan fingerprint density at radius 2 is 0.801 bits per heavy atom. The topological polar surface area (TPSA) is 278 Å². The summed E-state index contributed by atoms with van der Waals surface area (Å²) in [5, 5.41) is 42.2. The van der Waals surface area contributed by atoms with E-state index >= 15 is 8.78 Å². The third-order valence-corrected chi connectivity index (χ3v) is 29.8. The summed E-state index contributed by atoms with van der Waals surface area (Å²) in [7, 11) is 0. The van der Waals surface area contributed by atoms with E-state index < -0.39 is 122 Å². The van der Waals surface area contributed by atoms with Gasteiger partial charge in [-0.3, -0.25) is 30.2 Å². The summed E-state index contributed by atoms with van der Waals surface area (Å²) in [6.07, 6.45) is 2.32. The molecule has 146 heavy (non-hydrogen) atoms. The zero-order chi connectivity index (χ0) is 104. The average molecular weight is 2080 g/mol. The van der Waals surface area contributed by atoms with E-state index in [1.807, 2.05) is 6.07 Å². The molecule has 0 radical (unpaired) electrons. The number of nitrogens with zero attached hydrogens (tertiary/aromatic N) is 2. The second kappa shape index (κ2) is 48.0. The van der Waals surface area contributed by atoms with Gasteiger partial charge in [-0.25, -0.2) is 61.9 Å². The lowest BCUT2D eigenvalue weighted by atomic mass is 9.80. The molecule has 3 heterocycles. The second-order valence-corrected chi connectivity index (χ2v) is 40.7. The van der Waals surface area contributed by atoms with Crippen LogP contribution in [0.3, 0.4) is 0 Å². The van der Waals surface area contributed by atoms with Gasteiger partial charge in [-0.1, -0.05) is 175 Å². The van der Waals surface area contributed by atoms with E-state index in [1.54, 1.807) is 166 Å². The number of carbonyl (C=O) groups excluding carboxylic acids is 3. The number of rotatable bonds is 22. The number of hydrogen-bond donors (Lipinski definition) is 9. The number of amidine groups is 2. The van der Waals surface area contributed by atoms with Crippen LogP contribution >= 0.6 is 35.7 Å². The fourth-order valence-corrected chi connectivity index (χ4v) is 23.1. The van der Waals surface area contributed by atoms with E-state index in [0.717, 1.165) is 48.5 Å². The molecular formula is C110H109F13N8O12S3.